The van der Waals surface area contributed by atoms with Crippen molar-refractivity contribution in [3.63, 3.8) is 0 Å². The second-order valence-corrected chi connectivity index (χ2v) is 9.13. The molecule has 1 amide bonds. The average molecular weight is 464 g/mol. The van der Waals surface area contributed by atoms with E-state index in [0.717, 1.165) is 43.9 Å². The van der Waals surface area contributed by atoms with Crippen molar-refractivity contribution in [2.75, 3.05) is 37.4 Å². The van der Waals surface area contributed by atoms with Crippen LogP contribution in [-0.2, 0) is 19.6 Å². The van der Waals surface area contributed by atoms with Gasteiger partial charge in [0.25, 0.3) is 15.9 Å². The molecule has 172 valence electrons. The predicted molar refractivity (Wildman–Crippen MR) is 117 cm³/mol. The summed E-state index contributed by atoms with van der Waals surface area (Å²) in [5.41, 5.74) is 0.411. The Labute approximate surface area is 187 Å². The molecule has 0 spiro atoms. The van der Waals surface area contributed by atoms with Crippen molar-refractivity contribution < 1.29 is 27.1 Å². The highest BCUT2D eigenvalue weighted by Gasteiger charge is 2.27. The van der Waals surface area contributed by atoms with Crippen molar-refractivity contribution in [2.45, 2.75) is 24.8 Å². The number of hydrogen-bond donors (Lipinski definition) is 1. The van der Waals surface area contributed by atoms with Crippen LogP contribution in [0.1, 0.15) is 24.2 Å². The number of rotatable bonds is 7. The fourth-order valence-corrected chi connectivity index (χ4v) is 4.38. The molecule has 2 aromatic carbocycles. The Morgan fingerprint density at radius 1 is 1.03 bits per heavy atom. The highest BCUT2D eigenvalue weighted by Crippen LogP contribution is 2.18. The van der Waals surface area contributed by atoms with Crippen molar-refractivity contribution in [1.29, 1.82) is 0 Å². The smallest absolute Gasteiger partial charge is 0.338 e. The van der Waals surface area contributed by atoms with Crippen molar-refractivity contribution in [3.8, 4) is 0 Å². The summed E-state index contributed by atoms with van der Waals surface area (Å²) in [6.07, 6.45) is -0.924. The van der Waals surface area contributed by atoms with E-state index < -0.39 is 27.9 Å². The van der Waals surface area contributed by atoms with Crippen LogP contribution < -0.4 is 4.72 Å². The summed E-state index contributed by atoms with van der Waals surface area (Å²) < 4.78 is 45.4. The third-order valence-corrected chi connectivity index (χ3v) is 6.66. The molecule has 1 N–H and O–H groups in total. The van der Waals surface area contributed by atoms with Gasteiger partial charge in [-0.1, -0.05) is 6.92 Å². The molecular formula is C22H26FN3O5S. The molecule has 0 unspecified atom stereocenters. The Hall–Kier alpha value is -2.98. The quantitative estimate of drug-likeness (QED) is 0.634. The molecule has 3 rings (SSSR count). The van der Waals surface area contributed by atoms with E-state index in [0.29, 0.717) is 13.1 Å². The highest BCUT2D eigenvalue weighted by atomic mass is 32.2. The zero-order chi connectivity index (χ0) is 23.3. The van der Waals surface area contributed by atoms with Gasteiger partial charge in [-0.05, 0) is 62.0 Å². The van der Waals surface area contributed by atoms with Gasteiger partial charge < -0.3 is 14.5 Å². The lowest BCUT2D eigenvalue weighted by molar-refractivity contribution is -0.141. The number of nitrogens with zero attached hydrogens (tertiary/aromatic N) is 2. The maximum atomic E-state index is 13.0. The van der Waals surface area contributed by atoms with E-state index in [1.165, 1.54) is 31.2 Å². The maximum absolute atomic E-state index is 13.0. The zero-order valence-electron chi connectivity index (χ0n) is 18.0. The first-order chi connectivity index (χ1) is 15.2. The monoisotopic (exact) mass is 463 g/mol. The molecule has 1 aliphatic heterocycles. The zero-order valence-corrected chi connectivity index (χ0v) is 18.8. The largest absolute Gasteiger partial charge is 0.449 e. The maximum Gasteiger partial charge on any atom is 0.338 e. The molecule has 10 heteroatoms. The van der Waals surface area contributed by atoms with Gasteiger partial charge in [0.1, 0.15) is 5.82 Å². The molecule has 0 aromatic heterocycles. The number of likely N-dealkylation sites (N-methyl/N-ethyl adjacent to an activating group) is 1. The lowest BCUT2D eigenvalue weighted by Crippen LogP contribution is -2.51. The van der Waals surface area contributed by atoms with Gasteiger partial charge in [-0.15, -0.1) is 0 Å². The van der Waals surface area contributed by atoms with Crippen LogP contribution in [0.2, 0.25) is 0 Å². The number of benzene rings is 2. The summed E-state index contributed by atoms with van der Waals surface area (Å²) in [5.74, 6) is -1.45. The second kappa shape index (κ2) is 10.1. The minimum absolute atomic E-state index is 0.0884. The first-order valence-electron chi connectivity index (χ1n) is 10.3. The summed E-state index contributed by atoms with van der Waals surface area (Å²) in [6.45, 7) is 7.31. The number of esters is 1. The summed E-state index contributed by atoms with van der Waals surface area (Å²) in [5, 5.41) is 0. The van der Waals surface area contributed by atoms with Crippen molar-refractivity contribution in [3.05, 3.63) is 59.9 Å². The molecule has 1 saturated heterocycles. The number of nitrogens with one attached hydrogen (secondary N) is 1. The predicted octanol–water partition coefficient (Wildman–Crippen LogP) is 2.34. The van der Waals surface area contributed by atoms with Crippen LogP contribution in [0, 0.1) is 5.82 Å². The summed E-state index contributed by atoms with van der Waals surface area (Å²) in [7, 11) is -3.90. The third kappa shape index (κ3) is 5.83. The lowest BCUT2D eigenvalue weighted by atomic mass is 10.2. The normalized spacial score (nSPS) is 15.8. The molecule has 32 heavy (non-hydrogen) atoms. The summed E-state index contributed by atoms with van der Waals surface area (Å²) in [6, 6.07) is 10.1. The van der Waals surface area contributed by atoms with Crippen LogP contribution in [-0.4, -0.2) is 68.9 Å². The lowest BCUT2D eigenvalue weighted by Gasteiger charge is -2.35. The van der Waals surface area contributed by atoms with E-state index in [1.807, 2.05) is 0 Å². The molecule has 8 nitrogen and oxygen atoms in total. The SMILES string of the molecule is CCN1CCN(C(=O)[C@H](C)OC(=O)c2ccc(NS(=O)(=O)c3ccc(F)cc3)cc2)CC1. The molecule has 0 radical (unpaired) electrons. The number of hydrogen-bond acceptors (Lipinski definition) is 6. The highest BCUT2D eigenvalue weighted by molar-refractivity contribution is 7.92. The first kappa shape index (κ1) is 23.7. The van der Waals surface area contributed by atoms with Gasteiger partial charge in [0, 0.05) is 31.9 Å². The Balaban J connectivity index is 1.57. The van der Waals surface area contributed by atoms with Crippen LogP contribution in [0.15, 0.2) is 53.4 Å². The minimum Gasteiger partial charge on any atom is -0.449 e. The minimum atomic E-state index is -3.90. The Morgan fingerprint density at radius 3 is 2.19 bits per heavy atom. The molecule has 1 atom stereocenters. The molecule has 0 saturated carbocycles. The average Bonchev–Trinajstić information content (AvgIpc) is 2.79. The van der Waals surface area contributed by atoms with Gasteiger partial charge in [0.15, 0.2) is 6.10 Å². The summed E-state index contributed by atoms with van der Waals surface area (Å²) >= 11 is 0. The Bertz CT molecular complexity index is 1050. The molecular weight excluding hydrogens is 437 g/mol. The van der Waals surface area contributed by atoms with Gasteiger partial charge in [0.2, 0.25) is 0 Å². The number of sulfonamides is 1. The number of anilines is 1. The van der Waals surface area contributed by atoms with Crippen molar-refractivity contribution in [2.24, 2.45) is 0 Å². The number of ether oxygens (including phenoxy) is 1. The van der Waals surface area contributed by atoms with Crippen LogP contribution in [0.4, 0.5) is 10.1 Å². The molecule has 1 heterocycles. The van der Waals surface area contributed by atoms with Gasteiger partial charge in [-0.25, -0.2) is 17.6 Å². The van der Waals surface area contributed by atoms with Gasteiger partial charge in [0.05, 0.1) is 10.5 Å². The number of carbonyl (C=O) groups is 2. The molecule has 0 aliphatic carbocycles. The van der Waals surface area contributed by atoms with E-state index >= 15 is 0 Å². The standard InChI is InChI=1S/C22H26FN3O5S/c1-3-25-12-14-26(15-13-25)21(27)16(2)31-22(28)17-4-8-19(9-5-17)24-32(29,30)20-10-6-18(23)7-11-20/h4-11,16,24H,3,12-15H2,1-2H3/t16-/m0/s1. The van der Waals surface area contributed by atoms with E-state index in [2.05, 4.69) is 16.5 Å². The van der Waals surface area contributed by atoms with Gasteiger partial charge in [-0.3, -0.25) is 9.52 Å². The van der Waals surface area contributed by atoms with E-state index in [4.69, 9.17) is 4.74 Å². The first-order valence-corrected chi connectivity index (χ1v) is 11.8. The fraction of sp³-hybridized carbons (Fsp3) is 0.364. The number of carbonyl (C=O) groups excluding carboxylic acids is 2. The van der Waals surface area contributed by atoms with E-state index in [1.54, 1.807) is 4.90 Å². The fourth-order valence-electron chi connectivity index (χ4n) is 3.32. The van der Waals surface area contributed by atoms with Crippen LogP contribution in [0.3, 0.4) is 0 Å². The van der Waals surface area contributed by atoms with Crippen LogP contribution >= 0.6 is 0 Å². The molecule has 2 aromatic rings. The van der Waals surface area contributed by atoms with Crippen molar-refractivity contribution >= 4 is 27.6 Å². The number of halogens is 1. The molecule has 1 aliphatic rings. The third-order valence-electron chi connectivity index (χ3n) is 5.26. The molecule has 0 bridgehead atoms. The van der Waals surface area contributed by atoms with Gasteiger partial charge >= 0.3 is 5.97 Å². The van der Waals surface area contributed by atoms with E-state index in [-0.39, 0.29) is 22.1 Å². The van der Waals surface area contributed by atoms with Crippen LogP contribution in [0.5, 0.6) is 0 Å². The Kier molecular flexibility index (Phi) is 7.47. The topological polar surface area (TPSA) is 96.0 Å². The van der Waals surface area contributed by atoms with E-state index in [9.17, 15) is 22.4 Å². The Morgan fingerprint density at radius 2 is 1.62 bits per heavy atom. The second-order valence-electron chi connectivity index (χ2n) is 7.44. The van der Waals surface area contributed by atoms with Gasteiger partial charge in [-0.2, -0.15) is 0 Å². The summed E-state index contributed by atoms with van der Waals surface area (Å²) in [4.78, 5) is 28.8. The van der Waals surface area contributed by atoms with Crippen LogP contribution in [0.25, 0.3) is 0 Å². The number of piperazine rings is 1. The number of amides is 1. The molecule has 1 fully saturated rings. The van der Waals surface area contributed by atoms with Crippen molar-refractivity contribution in [1.82, 2.24) is 9.80 Å².